The van der Waals surface area contributed by atoms with Gasteiger partial charge in [-0.15, -0.1) is 0 Å². The van der Waals surface area contributed by atoms with Crippen molar-refractivity contribution in [1.29, 1.82) is 5.26 Å². The average molecular weight is 220 g/mol. The molecule has 16 heavy (non-hydrogen) atoms. The minimum Gasteiger partial charge on any atom is -0.367 e. The predicted octanol–water partition coefficient (Wildman–Crippen LogP) is 2.07. The topological polar surface area (TPSA) is 91.8 Å². The third-order valence-electron chi connectivity index (χ3n) is 2.20. The van der Waals surface area contributed by atoms with Crippen molar-refractivity contribution in [1.82, 2.24) is 4.98 Å². The number of hydrogen-bond acceptors (Lipinski definition) is 5. The molecule has 1 unspecified atom stereocenters. The van der Waals surface area contributed by atoms with E-state index in [1.807, 2.05) is 19.9 Å². The maximum Gasteiger partial charge on any atom is 0.289 e. The van der Waals surface area contributed by atoms with Gasteiger partial charge in [0.05, 0.1) is 4.92 Å². The molecule has 1 aromatic heterocycles. The Hall–Kier alpha value is -2.16. The number of hydrogen-bond donors (Lipinski definition) is 1. The van der Waals surface area contributed by atoms with Crippen molar-refractivity contribution in [3.8, 4) is 6.07 Å². The molecular formula is C10H12N4O2. The molecule has 1 heterocycles. The summed E-state index contributed by atoms with van der Waals surface area (Å²) in [5.74, 6) is 0.391. The molecule has 0 saturated carbocycles. The zero-order chi connectivity index (χ0) is 12.1. The van der Waals surface area contributed by atoms with Gasteiger partial charge in [0.15, 0.2) is 0 Å². The second-order valence-electron chi connectivity index (χ2n) is 3.41. The van der Waals surface area contributed by atoms with Gasteiger partial charge in [-0.2, -0.15) is 5.26 Å². The summed E-state index contributed by atoms with van der Waals surface area (Å²) in [5, 5.41) is 22.4. The molecular weight excluding hydrogens is 208 g/mol. The Balaban J connectivity index is 3.03. The summed E-state index contributed by atoms with van der Waals surface area (Å²) in [6.07, 6.45) is 2.02. The summed E-state index contributed by atoms with van der Waals surface area (Å²) in [5.41, 5.74) is 0.0146. The van der Waals surface area contributed by atoms with Crippen molar-refractivity contribution < 1.29 is 4.92 Å². The second-order valence-corrected chi connectivity index (χ2v) is 3.41. The van der Waals surface area contributed by atoms with E-state index >= 15 is 0 Å². The van der Waals surface area contributed by atoms with Gasteiger partial charge in [0.1, 0.15) is 23.6 Å². The minimum atomic E-state index is -0.569. The average Bonchev–Trinajstić information content (AvgIpc) is 2.29. The van der Waals surface area contributed by atoms with Gasteiger partial charge in [0.2, 0.25) is 0 Å². The van der Waals surface area contributed by atoms with Crippen LogP contribution in [0.25, 0.3) is 0 Å². The number of nitrogens with one attached hydrogen (secondary N) is 1. The quantitative estimate of drug-likeness (QED) is 0.619. The molecule has 0 aliphatic heterocycles. The summed E-state index contributed by atoms with van der Waals surface area (Å²) in [6, 6.07) is 3.28. The molecule has 6 heteroatoms. The van der Waals surface area contributed by atoms with Gasteiger partial charge in [-0.25, -0.2) is 4.98 Å². The molecule has 0 aliphatic carbocycles. The monoisotopic (exact) mass is 220 g/mol. The highest BCUT2D eigenvalue weighted by atomic mass is 16.6. The molecule has 6 nitrogen and oxygen atoms in total. The number of aromatic nitrogens is 1. The summed E-state index contributed by atoms with van der Waals surface area (Å²) >= 11 is 0. The van der Waals surface area contributed by atoms with E-state index in [0.717, 1.165) is 12.6 Å². The van der Waals surface area contributed by atoms with E-state index in [1.54, 1.807) is 0 Å². The third kappa shape index (κ3) is 2.67. The summed E-state index contributed by atoms with van der Waals surface area (Å²) in [4.78, 5) is 13.8. The number of nitro groups is 1. The first-order valence-corrected chi connectivity index (χ1v) is 4.89. The lowest BCUT2D eigenvalue weighted by atomic mass is 10.2. The third-order valence-corrected chi connectivity index (χ3v) is 2.20. The Kier molecular flexibility index (Phi) is 3.78. The van der Waals surface area contributed by atoms with Crippen LogP contribution in [-0.2, 0) is 0 Å². The van der Waals surface area contributed by atoms with Crippen molar-refractivity contribution in [3.63, 3.8) is 0 Å². The molecule has 0 spiro atoms. The van der Waals surface area contributed by atoms with Gasteiger partial charge >= 0.3 is 0 Å². The van der Waals surface area contributed by atoms with E-state index in [9.17, 15) is 10.1 Å². The van der Waals surface area contributed by atoms with Gasteiger partial charge in [-0.05, 0) is 13.3 Å². The molecule has 0 aromatic carbocycles. The Morgan fingerprint density at radius 2 is 2.44 bits per heavy atom. The van der Waals surface area contributed by atoms with Crippen molar-refractivity contribution in [2.45, 2.75) is 26.3 Å². The molecule has 1 N–H and O–H groups in total. The lowest BCUT2D eigenvalue weighted by Gasteiger charge is -2.12. The maximum absolute atomic E-state index is 10.5. The summed E-state index contributed by atoms with van der Waals surface area (Å²) in [7, 11) is 0. The number of nitriles is 1. The zero-order valence-electron chi connectivity index (χ0n) is 9.10. The van der Waals surface area contributed by atoms with Crippen LogP contribution in [0, 0.1) is 21.4 Å². The Morgan fingerprint density at radius 1 is 1.75 bits per heavy atom. The fraction of sp³-hybridized carbons (Fsp3) is 0.400. The molecule has 0 aliphatic rings. The molecule has 0 saturated heterocycles. The molecule has 1 atom stereocenters. The normalized spacial score (nSPS) is 11.6. The zero-order valence-corrected chi connectivity index (χ0v) is 9.10. The molecule has 0 bridgehead atoms. The Morgan fingerprint density at radius 3 is 2.94 bits per heavy atom. The second kappa shape index (κ2) is 5.07. The van der Waals surface area contributed by atoms with Crippen LogP contribution in [0.1, 0.15) is 25.8 Å². The standard InChI is InChI=1S/C10H12N4O2/c1-3-7(2)13-10-8(5-11)4-9(6-12-10)14(15)16/h4,6-7H,3H2,1-2H3,(H,12,13). The molecule has 1 aromatic rings. The first-order valence-electron chi connectivity index (χ1n) is 4.89. The van der Waals surface area contributed by atoms with Crippen molar-refractivity contribution in [2.75, 3.05) is 5.32 Å². The first kappa shape index (κ1) is 11.9. The van der Waals surface area contributed by atoms with Crippen molar-refractivity contribution >= 4 is 11.5 Å². The maximum atomic E-state index is 10.5. The SMILES string of the molecule is CCC(C)Nc1ncc([N+](=O)[O-])cc1C#N. The lowest BCUT2D eigenvalue weighted by molar-refractivity contribution is -0.385. The Labute approximate surface area is 93.1 Å². The molecule has 0 radical (unpaired) electrons. The van der Waals surface area contributed by atoms with Crippen LogP contribution in [-0.4, -0.2) is 15.9 Å². The van der Waals surface area contributed by atoms with E-state index in [0.29, 0.717) is 5.82 Å². The van der Waals surface area contributed by atoms with Gasteiger partial charge in [-0.1, -0.05) is 6.92 Å². The van der Waals surface area contributed by atoms with E-state index in [1.165, 1.54) is 6.07 Å². The van der Waals surface area contributed by atoms with Crippen LogP contribution in [0.5, 0.6) is 0 Å². The van der Waals surface area contributed by atoms with Gasteiger partial charge in [0.25, 0.3) is 5.69 Å². The molecule has 0 fully saturated rings. The van der Waals surface area contributed by atoms with Crippen molar-refractivity contribution in [3.05, 3.63) is 27.9 Å². The molecule has 84 valence electrons. The summed E-state index contributed by atoms with van der Waals surface area (Å²) < 4.78 is 0. The summed E-state index contributed by atoms with van der Waals surface area (Å²) in [6.45, 7) is 3.94. The van der Waals surface area contributed by atoms with Crippen LogP contribution in [0.2, 0.25) is 0 Å². The van der Waals surface area contributed by atoms with Crippen LogP contribution in [0.15, 0.2) is 12.3 Å². The minimum absolute atomic E-state index is 0.168. The smallest absolute Gasteiger partial charge is 0.289 e. The fourth-order valence-electron chi connectivity index (χ4n) is 1.09. The number of pyridine rings is 1. The van der Waals surface area contributed by atoms with Gasteiger partial charge < -0.3 is 5.32 Å². The highest BCUT2D eigenvalue weighted by Crippen LogP contribution is 2.19. The van der Waals surface area contributed by atoms with Crippen molar-refractivity contribution in [2.24, 2.45) is 0 Å². The molecule has 0 amide bonds. The highest BCUT2D eigenvalue weighted by molar-refractivity contribution is 5.55. The molecule has 1 rings (SSSR count). The first-order chi connectivity index (χ1) is 7.58. The van der Waals surface area contributed by atoms with Crippen LogP contribution < -0.4 is 5.32 Å². The number of anilines is 1. The van der Waals surface area contributed by atoms with Crippen LogP contribution in [0.4, 0.5) is 11.5 Å². The predicted molar refractivity (Wildman–Crippen MR) is 59.0 cm³/mol. The Bertz CT molecular complexity index is 439. The van der Waals surface area contributed by atoms with E-state index < -0.39 is 4.92 Å². The lowest BCUT2D eigenvalue weighted by Crippen LogP contribution is -2.15. The van der Waals surface area contributed by atoms with Crippen LogP contribution >= 0.6 is 0 Å². The number of nitrogens with zero attached hydrogens (tertiary/aromatic N) is 3. The largest absolute Gasteiger partial charge is 0.367 e. The van der Waals surface area contributed by atoms with Crippen LogP contribution in [0.3, 0.4) is 0 Å². The van der Waals surface area contributed by atoms with Gasteiger partial charge in [0, 0.05) is 12.1 Å². The van der Waals surface area contributed by atoms with E-state index in [4.69, 9.17) is 5.26 Å². The fourth-order valence-corrected chi connectivity index (χ4v) is 1.09. The van der Waals surface area contributed by atoms with E-state index in [-0.39, 0.29) is 17.3 Å². The highest BCUT2D eigenvalue weighted by Gasteiger charge is 2.12. The number of rotatable bonds is 4. The van der Waals surface area contributed by atoms with Gasteiger partial charge in [-0.3, -0.25) is 10.1 Å². The van der Waals surface area contributed by atoms with E-state index in [2.05, 4.69) is 10.3 Å².